The zero-order valence-electron chi connectivity index (χ0n) is 14.7. The first kappa shape index (κ1) is 17.9. The van der Waals surface area contributed by atoms with Crippen molar-refractivity contribution in [1.82, 2.24) is 4.90 Å². The van der Waals surface area contributed by atoms with Gasteiger partial charge in [0.2, 0.25) is 0 Å². The van der Waals surface area contributed by atoms with Crippen molar-refractivity contribution < 1.29 is 14.5 Å². The van der Waals surface area contributed by atoms with Crippen LogP contribution in [0.3, 0.4) is 0 Å². The molecule has 0 amide bonds. The molecule has 3 unspecified atom stereocenters. The number of nitrogens with zero attached hydrogens (tertiary/aromatic N) is 2. The second-order valence-electron chi connectivity index (χ2n) is 7.37. The summed E-state index contributed by atoms with van der Waals surface area (Å²) in [6, 6.07) is 6.32. The molecule has 0 spiro atoms. The van der Waals surface area contributed by atoms with Crippen molar-refractivity contribution in [2.45, 2.75) is 45.1 Å². The fourth-order valence-corrected chi connectivity index (χ4v) is 4.24. The Labute approximate surface area is 148 Å². The predicted octanol–water partition coefficient (Wildman–Crippen LogP) is 3.71. The van der Waals surface area contributed by atoms with Crippen LogP contribution < -0.4 is 0 Å². The van der Waals surface area contributed by atoms with E-state index in [0.717, 1.165) is 43.5 Å². The Kier molecular flexibility index (Phi) is 5.68. The van der Waals surface area contributed by atoms with Crippen molar-refractivity contribution in [3.8, 4) is 0 Å². The topological polar surface area (TPSA) is 72.7 Å². The van der Waals surface area contributed by atoms with Gasteiger partial charge in [0, 0.05) is 38.6 Å². The number of nitro benzene ring substituents is 1. The molecule has 6 nitrogen and oxygen atoms in total. The molecular formula is C19H26N2O4. The van der Waals surface area contributed by atoms with Gasteiger partial charge >= 0.3 is 5.97 Å². The van der Waals surface area contributed by atoms with Crippen LogP contribution in [-0.2, 0) is 9.53 Å². The number of hydrogen-bond donors (Lipinski definition) is 0. The third kappa shape index (κ3) is 4.78. The van der Waals surface area contributed by atoms with Gasteiger partial charge in [-0.2, -0.15) is 0 Å². The summed E-state index contributed by atoms with van der Waals surface area (Å²) in [5.41, 5.74) is 0.867. The van der Waals surface area contributed by atoms with E-state index in [2.05, 4.69) is 4.90 Å². The molecule has 3 rings (SSSR count). The molecule has 1 heterocycles. The summed E-state index contributed by atoms with van der Waals surface area (Å²) in [6.07, 6.45) is 5.74. The smallest absolute Gasteiger partial charge is 0.303 e. The number of rotatable bonds is 6. The van der Waals surface area contributed by atoms with Gasteiger partial charge in [0.1, 0.15) is 6.10 Å². The van der Waals surface area contributed by atoms with Crippen molar-refractivity contribution in [2.24, 2.45) is 11.8 Å². The van der Waals surface area contributed by atoms with Gasteiger partial charge in [-0.05, 0) is 55.3 Å². The van der Waals surface area contributed by atoms with Gasteiger partial charge in [-0.15, -0.1) is 0 Å². The number of ether oxygens (including phenoxy) is 1. The van der Waals surface area contributed by atoms with Gasteiger partial charge in [-0.1, -0.05) is 6.42 Å². The van der Waals surface area contributed by atoms with Crippen molar-refractivity contribution in [3.63, 3.8) is 0 Å². The highest BCUT2D eigenvalue weighted by Gasteiger charge is 2.30. The number of carbonyl (C=O) groups excluding carboxylic acids is 1. The van der Waals surface area contributed by atoms with Crippen LogP contribution in [0.15, 0.2) is 24.3 Å². The number of esters is 1. The van der Waals surface area contributed by atoms with E-state index in [4.69, 9.17) is 4.74 Å². The molecule has 0 radical (unpaired) electrons. The summed E-state index contributed by atoms with van der Waals surface area (Å²) in [5, 5.41) is 10.8. The molecule has 136 valence electrons. The standard InChI is InChI=1S/C19H26N2O4/c1-14(22)25-19(17-4-6-18(7-5-17)21(23)24)9-11-20-10-8-15-2-3-16(12-15)13-20/h4-7,15-16,19H,2-3,8-13H2,1H3. The maximum Gasteiger partial charge on any atom is 0.303 e. The molecule has 3 atom stereocenters. The summed E-state index contributed by atoms with van der Waals surface area (Å²) in [7, 11) is 0. The van der Waals surface area contributed by atoms with E-state index in [-0.39, 0.29) is 17.8 Å². The molecule has 6 heteroatoms. The first-order valence-electron chi connectivity index (χ1n) is 9.15. The molecule has 0 aromatic heterocycles. The molecule has 2 aliphatic rings. The second-order valence-corrected chi connectivity index (χ2v) is 7.37. The van der Waals surface area contributed by atoms with E-state index in [0.29, 0.717) is 0 Å². The summed E-state index contributed by atoms with van der Waals surface area (Å²) >= 11 is 0. The number of likely N-dealkylation sites (tertiary alicyclic amines) is 1. The molecule has 1 aliphatic heterocycles. The number of carbonyl (C=O) groups is 1. The first-order chi connectivity index (χ1) is 12.0. The fraction of sp³-hybridized carbons (Fsp3) is 0.632. The Morgan fingerprint density at radius 1 is 1.28 bits per heavy atom. The highest BCUT2D eigenvalue weighted by Crippen LogP contribution is 2.36. The molecule has 1 saturated heterocycles. The number of non-ortho nitro benzene ring substituents is 1. The average molecular weight is 346 g/mol. The monoisotopic (exact) mass is 346 g/mol. The molecule has 2 fully saturated rings. The van der Waals surface area contributed by atoms with Crippen LogP contribution in [0.5, 0.6) is 0 Å². The molecule has 2 bridgehead atoms. The predicted molar refractivity (Wildman–Crippen MR) is 94.1 cm³/mol. The van der Waals surface area contributed by atoms with Gasteiger partial charge in [0.25, 0.3) is 5.69 Å². The maximum atomic E-state index is 11.5. The van der Waals surface area contributed by atoms with Gasteiger partial charge in [-0.25, -0.2) is 0 Å². The first-order valence-corrected chi connectivity index (χ1v) is 9.15. The van der Waals surface area contributed by atoms with Crippen molar-refractivity contribution >= 4 is 11.7 Å². The number of nitro groups is 1. The third-order valence-corrected chi connectivity index (χ3v) is 5.51. The normalized spacial score (nSPS) is 24.5. The zero-order chi connectivity index (χ0) is 17.8. The Hall–Kier alpha value is -1.95. The summed E-state index contributed by atoms with van der Waals surface area (Å²) in [6.45, 7) is 4.55. The minimum atomic E-state index is -0.420. The minimum absolute atomic E-state index is 0.0499. The molecular weight excluding hydrogens is 320 g/mol. The SMILES string of the molecule is CC(=O)OC(CCN1CCC2CCC(C2)C1)c1ccc([N+](=O)[O-])cc1. The Morgan fingerprint density at radius 2 is 2.00 bits per heavy atom. The van der Waals surface area contributed by atoms with E-state index in [1.54, 1.807) is 12.1 Å². The Balaban J connectivity index is 1.62. The Bertz CT molecular complexity index is 616. The van der Waals surface area contributed by atoms with Gasteiger partial charge in [-0.3, -0.25) is 14.9 Å². The zero-order valence-corrected chi connectivity index (χ0v) is 14.7. The van der Waals surface area contributed by atoms with Crippen molar-refractivity contribution in [2.75, 3.05) is 19.6 Å². The van der Waals surface area contributed by atoms with E-state index in [9.17, 15) is 14.9 Å². The molecule has 25 heavy (non-hydrogen) atoms. The lowest BCUT2D eigenvalue weighted by molar-refractivity contribution is -0.384. The summed E-state index contributed by atoms with van der Waals surface area (Å²) < 4.78 is 5.49. The van der Waals surface area contributed by atoms with E-state index >= 15 is 0 Å². The van der Waals surface area contributed by atoms with Crippen LogP contribution in [0.25, 0.3) is 0 Å². The van der Waals surface area contributed by atoms with Crippen LogP contribution in [0.2, 0.25) is 0 Å². The third-order valence-electron chi connectivity index (χ3n) is 5.51. The van der Waals surface area contributed by atoms with Crippen LogP contribution in [-0.4, -0.2) is 35.4 Å². The van der Waals surface area contributed by atoms with E-state index < -0.39 is 4.92 Å². The minimum Gasteiger partial charge on any atom is -0.458 e. The number of fused-ring (bicyclic) bond motifs is 2. The summed E-state index contributed by atoms with van der Waals surface area (Å²) in [4.78, 5) is 24.3. The fourth-order valence-electron chi connectivity index (χ4n) is 4.24. The lowest BCUT2D eigenvalue weighted by Crippen LogP contribution is -2.31. The molecule has 1 saturated carbocycles. The van der Waals surface area contributed by atoms with Crippen molar-refractivity contribution in [1.29, 1.82) is 0 Å². The van der Waals surface area contributed by atoms with Crippen LogP contribution >= 0.6 is 0 Å². The quantitative estimate of drug-likeness (QED) is 0.446. The molecule has 1 aliphatic carbocycles. The van der Waals surface area contributed by atoms with E-state index in [1.165, 1.54) is 44.7 Å². The van der Waals surface area contributed by atoms with Crippen molar-refractivity contribution in [3.05, 3.63) is 39.9 Å². The molecule has 1 aromatic rings. The average Bonchev–Trinajstić information content (AvgIpc) is 2.92. The molecule has 1 aromatic carbocycles. The van der Waals surface area contributed by atoms with E-state index in [1.807, 2.05) is 0 Å². The maximum absolute atomic E-state index is 11.5. The van der Waals surface area contributed by atoms with Crippen LogP contribution in [0, 0.1) is 22.0 Å². The Morgan fingerprint density at radius 3 is 2.68 bits per heavy atom. The largest absolute Gasteiger partial charge is 0.458 e. The second kappa shape index (κ2) is 7.95. The lowest BCUT2D eigenvalue weighted by Gasteiger charge is -2.27. The number of benzene rings is 1. The van der Waals surface area contributed by atoms with Crippen LogP contribution in [0.4, 0.5) is 5.69 Å². The number of hydrogen-bond acceptors (Lipinski definition) is 5. The highest BCUT2D eigenvalue weighted by atomic mass is 16.6. The molecule has 0 N–H and O–H groups in total. The van der Waals surface area contributed by atoms with Crippen LogP contribution in [0.1, 0.15) is 50.7 Å². The van der Waals surface area contributed by atoms with Gasteiger partial charge in [0.15, 0.2) is 0 Å². The lowest BCUT2D eigenvalue weighted by atomic mass is 10.0. The summed E-state index contributed by atoms with van der Waals surface area (Å²) in [5.74, 6) is 1.39. The van der Waals surface area contributed by atoms with Gasteiger partial charge < -0.3 is 9.64 Å². The highest BCUT2D eigenvalue weighted by molar-refractivity contribution is 5.66. The van der Waals surface area contributed by atoms with Gasteiger partial charge in [0.05, 0.1) is 4.92 Å².